The van der Waals surface area contributed by atoms with Crippen LogP contribution in [0.4, 0.5) is 5.69 Å². The number of hydrogen-bond donors (Lipinski definition) is 2. The van der Waals surface area contributed by atoms with Crippen molar-refractivity contribution in [3.05, 3.63) is 54.0 Å². The third kappa shape index (κ3) is 3.60. The van der Waals surface area contributed by atoms with E-state index in [2.05, 4.69) is 5.32 Å². The standard InChI is InChI=1S/C17H18N2O4/c20-14-6-2-8-19(11-14)17(22)12-4-1-5-13(10-12)18-16(21)15-7-3-9-23-15/h1,3-5,7,9-10,14,20H,2,6,8,11H2,(H,18,21). The average Bonchev–Trinajstić information content (AvgIpc) is 3.09. The Balaban J connectivity index is 1.72. The van der Waals surface area contributed by atoms with Crippen LogP contribution in [0.5, 0.6) is 0 Å². The molecule has 0 saturated carbocycles. The molecule has 23 heavy (non-hydrogen) atoms. The van der Waals surface area contributed by atoms with E-state index in [1.54, 1.807) is 41.3 Å². The summed E-state index contributed by atoms with van der Waals surface area (Å²) in [5.74, 6) is -0.299. The number of anilines is 1. The number of nitrogens with zero attached hydrogens (tertiary/aromatic N) is 1. The topological polar surface area (TPSA) is 82.8 Å². The highest BCUT2D eigenvalue weighted by Crippen LogP contribution is 2.17. The Morgan fingerprint density at radius 1 is 1.26 bits per heavy atom. The first kappa shape index (κ1) is 15.3. The lowest BCUT2D eigenvalue weighted by Gasteiger charge is -2.30. The Labute approximate surface area is 133 Å². The van der Waals surface area contributed by atoms with Gasteiger partial charge in [0, 0.05) is 24.3 Å². The normalized spacial score (nSPS) is 17.8. The van der Waals surface area contributed by atoms with Gasteiger partial charge >= 0.3 is 0 Å². The van der Waals surface area contributed by atoms with Crippen LogP contribution in [0.25, 0.3) is 0 Å². The number of amides is 2. The quantitative estimate of drug-likeness (QED) is 0.909. The maximum Gasteiger partial charge on any atom is 0.291 e. The average molecular weight is 314 g/mol. The lowest BCUT2D eigenvalue weighted by Crippen LogP contribution is -2.42. The molecule has 1 aliphatic heterocycles. The van der Waals surface area contributed by atoms with Crippen molar-refractivity contribution >= 4 is 17.5 Å². The van der Waals surface area contributed by atoms with Gasteiger partial charge in [-0.3, -0.25) is 9.59 Å². The number of furan rings is 1. The summed E-state index contributed by atoms with van der Waals surface area (Å²) in [6.07, 6.45) is 2.48. The van der Waals surface area contributed by atoms with Gasteiger partial charge in [0.25, 0.3) is 11.8 Å². The SMILES string of the molecule is O=C(Nc1cccc(C(=O)N2CCCC(O)C2)c1)c1ccco1. The van der Waals surface area contributed by atoms with Gasteiger partial charge in [-0.1, -0.05) is 6.07 Å². The predicted molar refractivity (Wildman–Crippen MR) is 84.2 cm³/mol. The maximum atomic E-state index is 12.5. The second kappa shape index (κ2) is 6.66. The van der Waals surface area contributed by atoms with E-state index >= 15 is 0 Å². The molecule has 0 bridgehead atoms. The molecular formula is C17H18N2O4. The fourth-order valence-electron chi connectivity index (χ4n) is 2.65. The summed E-state index contributed by atoms with van der Waals surface area (Å²) in [5, 5.41) is 12.4. The largest absolute Gasteiger partial charge is 0.459 e. The molecule has 2 heterocycles. The van der Waals surface area contributed by atoms with Crippen molar-refractivity contribution in [2.75, 3.05) is 18.4 Å². The predicted octanol–water partition coefficient (Wildman–Crippen LogP) is 2.13. The molecule has 3 rings (SSSR count). The minimum Gasteiger partial charge on any atom is -0.459 e. The summed E-state index contributed by atoms with van der Waals surface area (Å²) in [6, 6.07) is 9.96. The number of hydrogen-bond acceptors (Lipinski definition) is 4. The van der Waals surface area contributed by atoms with Crippen molar-refractivity contribution in [2.24, 2.45) is 0 Å². The molecule has 0 aliphatic carbocycles. The van der Waals surface area contributed by atoms with Crippen molar-refractivity contribution in [1.29, 1.82) is 0 Å². The van der Waals surface area contributed by atoms with E-state index in [4.69, 9.17) is 4.42 Å². The molecule has 1 aliphatic rings. The molecule has 1 saturated heterocycles. The maximum absolute atomic E-state index is 12.5. The zero-order chi connectivity index (χ0) is 16.2. The number of carbonyl (C=O) groups excluding carboxylic acids is 2. The number of nitrogens with one attached hydrogen (secondary N) is 1. The Morgan fingerprint density at radius 3 is 2.87 bits per heavy atom. The highest BCUT2D eigenvalue weighted by Gasteiger charge is 2.23. The van der Waals surface area contributed by atoms with Gasteiger partial charge in [-0.25, -0.2) is 0 Å². The van der Waals surface area contributed by atoms with E-state index in [0.717, 1.165) is 12.8 Å². The van der Waals surface area contributed by atoms with Crippen LogP contribution in [0.3, 0.4) is 0 Å². The molecule has 2 amide bonds. The lowest BCUT2D eigenvalue weighted by atomic mass is 10.1. The monoisotopic (exact) mass is 314 g/mol. The van der Waals surface area contributed by atoms with Gasteiger partial charge in [0.05, 0.1) is 12.4 Å². The van der Waals surface area contributed by atoms with E-state index in [1.165, 1.54) is 6.26 Å². The minimum absolute atomic E-state index is 0.141. The number of benzene rings is 1. The molecule has 1 aromatic carbocycles. The summed E-state index contributed by atoms with van der Waals surface area (Å²) in [4.78, 5) is 26.1. The zero-order valence-corrected chi connectivity index (χ0v) is 12.6. The molecule has 2 aromatic rings. The van der Waals surface area contributed by atoms with Crippen LogP contribution in [0.15, 0.2) is 47.1 Å². The molecule has 1 fully saturated rings. The molecule has 2 N–H and O–H groups in total. The molecule has 6 heteroatoms. The first-order chi connectivity index (χ1) is 11.1. The summed E-state index contributed by atoms with van der Waals surface area (Å²) >= 11 is 0. The number of piperidine rings is 1. The highest BCUT2D eigenvalue weighted by atomic mass is 16.3. The van der Waals surface area contributed by atoms with Crippen LogP contribution in [-0.4, -0.2) is 41.0 Å². The second-order valence-corrected chi connectivity index (χ2v) is 5.56. The number of aliphatic hydroxyl groups is 1. The van der Waals surface area contributed by atoms with Crippen molar-refractivity contribution in [2.45, 2.75) is 18.9 Å². The summed E-state index contributed by atoms with van der Waals surface area (Å²) in [7, 11) is 0. The van der Waals surface area contributed by atoms with E-state index < -0.39 is 6.10 Å². The van der Waals surface area contributed by atoms with Gasteiger partial charge in [0.1, 0.15) is 0 Å². The van der Waals surface area contributed by atoms with Gasteiger partial charge in [-0.2, -0.15) is 0 Å². The first-order valence-corrected chi connectivity index (χ1v) is 7.56. The Bertz CT molecular complexity index is 696. The highest BCUT2D eigenvalue weighted by molar-refractivity contribution is 6.03. The molecule has 120 valence electrons. The number of aliphatic hydroxyl groups excluding tert-OH is 1. The van der Waals surface area contributed by atoms with Gasteiger partial charge in [-0.15, -0.1) is 0 Å². The third-order valence-electron chi connectivity index (χ3n) is 3.80. The van der Waals surface area contributed by atoms with Crippen LogP contribution >= 0.6 is 0 Å². The Morgan fingerprint density at radius 2 is 2.13 bits per heavy atom. The van der Waals surface area contributed by atoms with Crippen LogP contribution in [0, 0.1) is 0 Å². The van der Waals surface area contributed by atoms with Gasteiger partial charge in [0.15, 0.2) is 5.76 Å². The number of β-amino-alcohol motifs (C(OH)–C–C–N with tert-alkyl or cyclic N) is 1. The van der Waals surface area contributed by atoms with Crippen LogP contribution in [-0.2, 0) is 0 Å². The van der Waals surface area contributed by atoms with Crippen molar-refractivity contribution in [1.82, 2.24) is 4.90 Å². The van der Waals surface area contributed by atoms with Gasteiger partial charge in [-0.05, 0) is 43.2 Å². The van der Waals surface area contributed by atoms with Crippen molar-refractivity contribution < 1.29 is 19.1 Å². The molecule has 1 atom stereocenters. The summed E-state index contributed by atoms with van der Waals surface area (Å²) in [6.45, 7) is 0.987. The fraction of sp³-hybridized carbons (Fsp3) is 0.294. The number of carbonyl (C=O) groups is 2. The third-order valence-corrected chi connectivity index (χ3v) is 3.80. The van der Waals surface area contributed by atoms with E-state index in [-0.39, 0.29) is 17.6 Å². The molecule has 1 unspecified atom stereocenters. The Kier molecular flexibility index (Phi) is 4.43. The van der Waals surface area contributed by atoms with E-state index in [9.17, 15) is 14.7 Å². The smallest absolute Gasteiger partial charge is 0.291 e. The summed E-state index contributed by atoms with van der Waals surface area (Å²) in [5.41, 5.74) is 1.01. The molecule has 0 radical (unpaired) electrons. The Hall–Kier alpha value is -2.60. The molecule has 1 aromatic heterocycles. The number of rotatable bonds is 3. The zero-order valence-electron chi connectivity index (χ0n) is 12.6. The molecule has 6 nitrogen and oxygen atoms in total. The molecular weight excluding hydrogens is 296 g/mol. The first-order valence-electron chi connectivity index (χ1n) is 7.56. The summed E-state index contributed by atoms with van der Waals surface area (Å²) < 4.78 is 5.04. The van der Waals surface area contributed by atoms with Crippen LogP contribution in [0.2, 0.25) is 0 Å². The number of likely N-dealkylation sites (tertiary alicyclic amines) is 1. The van der Waals surface area contributed by atoms with E-state index in [1.807, 2.05) is 0 Å². The fourth-order valence-corrected chi connectivity index (χ4v) is 2.65. The lowest BCUT2D eigenvalue weighted by molar-refractivity contribution is 0.0474. The molecule has 0 spiro atoms. The second-order valence-electron chi connectivity index (χ2n) is 5.56. The van der Waals surface area contributed by atoms with E-state index in [0.29, 0.717) is 24.3 Å². The van der Waals surface area contributed by atoms with Crippen LogP contribution < -0.4 is 5.32 Å². The minimum atomic E-state index is -0.463. The van der Waals surface area contributed by atoms with Crippen molar-refractivity contribution in [3.63, 3.8) is 0 Å². The van der Waals surface area contributed by atoms with Crippen LogP contribution in [0.1, 0.15) is 33.8 Å². The van der Waals surface area contributed by atoms with Gasteiger partial charge < -0.3 is 19.7 Å². The van der Waals surface area contributed by atoms with Gasteiger partial charge in [0.2, 0.25) is 0 Å². The van der Waals surface area contributed by atoms with Crippen molar-refractivity contribution in [3.8, 4) is 0 Å².